The number of nitrogens with zero attached hydrogens (tertiary/aromatic N) is 4. The number of hydrogen-bond donors (Lipinski definition) is 2. The maximum Gasteiger partial charge on any atom is 0.254 e. The van der Waals surface area contributed by atoms with Gasteiger partial charge in [-0.3, -0.25) is 9.69 Å². The molecule has 0 radical (unpaired) electrons. The molecule has 0 atom stereocenters. The molecule has 40 heavy (non-hydrogen) atoms. The van der Waals surface area contributed by atoms with Crippen LogP contribution in [-0.2, 0) is 19.3 Å². The summed E-state index contributed by atoms with van der Waals surface area (Å²) in [5.41, 5.74) is 12.8. The Bertz CT molecular complexity index is 1580. The number of primary amides is 1. The molecular weight excluding hydrogens is 500 g/mol. The molecule has 1 aliphatic carbocycles. The molecule has 2 aliphatic rings. The minimum absolute atomic E-state index is 0.266. The minimum atomic E-state index is -0.541. The molecule has 1 aliphatic heterocycles. The summed E-state index contributed by atoms with van der Waals surface area (Å²) in [5, 5.41) is 10.4. The quantitative estimate of drug-likeness (QED) is 0.331. The Kier molecular flexibility index (Phi) is 7.39. The second kappa shape index (κ2) is 11.4. The Morgan fingerprint density at radius 2 is 1.90 bits per heavy atom. The van der Waals surface area contributed by atoms with E-state index in [2.05, 4.69) is 38.1 Å². The average Bonchev–Trinajstić information content (AvgIpc) is 3.40. The number of H-pyrrole nitrogens is 1. The lowest BCUT2D eigenvalue weighted by atomic mass is 9.89. The normalized spacial score (nSPS) is 15.5. The molecule has 1 amide bonds. The van der Waals surface area contributed by atoms with E-state index >= 15 is 0 Å². The van der Waals surface area contributed by atoms with Gasteiger partial charge in [-0.25, -0.2) is 4.98 Å². The molecule has 2 aromatic carbocycles. The van der Waals surface area contributed by atoms with Gasteiger partial charge >= 0.3 is 0 Å². The second-order valence-electron chi connectivity index (χ2n) is 10.7. The lowest BCUT2D eigenvalue weighted by molar-refractivity contribution is 0.0997. The zero-order valence-electron chi connectivity index (χ0n) is 22.7. The molecule has 204 valence electrons. The number of nitrogens with one attached hydrogen (secondary N) is 1. The number of amides is 1. The third-order valence-corrected chi connectivity index (χ3v) is 8.24. The maximum atomic E-state index is 11.9. The van der Waals surface area contributed by atoms with Crippen molar-refractivity contribution >= 4 is 22.5 Å². The van der Waals surface area contributed by atoms with E-state index in [1.54, 1.807) is 18.3 Å². The number of fused-ring (bicyclic) bond motifs is 2. The van der Waals surface area contributed by atoms with Gasteiger partial charge in [0.25, 0.3) is 5.91 Å². The first kappa shape index (κ1) is 25.9. The van der Waals surface area contributed by atoms with Crippen LogP contribution in [0.2, 0.25) is 0 Å². The zero-order valence-corrected chi connectivity index (χ0v) is 22.7. The predicted molar refractivity (Wildman–Crippen MR) is 156 cm³/mol. The number of piperazine rings is 1. The van der Waals surface area contributed by atoms with Crippen LogP contribution in [0, 0.1) is 11.3 Å². The summed E-state index contributed by atoms with van der Waals surface area (Å²) >= 11 is 0. The van der Waals surface area contributed by atoms with Gasteiger partial charge in [-0.15, -0.1) is 0 Å². The zero-order chi connectivity index (χ0) is 27.5. The van der Waals surface area contributed by atoms with Gasteiger partial charge in [0, 0.05) is 60.7 Å². The Balaban J connectivity index is 1.09. The van der Waals surface area contributed by atoms with Gasteiger partial charge in [-0.2, -0.15) is 5.26 Å². The number of nitrogens with two attached hydrogens (primary N) is 1. The number of benzene rings is 2. The van der Waals surface area contributed by atoms with Crippen molar-refractivity contribution in [1.29, 1.82) is 5.26 Å². The Labute approximate surface area is 234 Å². The molecule has 0 saturated carbocycles. The molecule has 4 aromatic rings. The van der Waals surface area contributed by atoms with Crippen molar-refractivity contribution in [3.05, 3.63) is 82.7 Å². The summed E-state index contributed by atoms with van der Waals surface area (Å²) < 4.78 is 6.19. The van der Waals surface area contributed by atoms with Gasteiger partial charge in [0.15, 0.2) is 0 Å². The fourth-order valence-electron chi connectivity index (χ4n) is 6.13. The molecule has 1 fully saturated rings. The van der Waals surface area contributed by atoms with Crippen molar-refractivity contribution in [3.8, 4) is 17.7 Å². The Morgan fingerprint density at radius 1 is 1.07 bits per heavy atom. The largest absolute Gasteiger partial charge is 0.438 e. The number of nitriles is 1. The highest BCUT2D eigenvalue weighted by Gasteiger charge is 2.25. The van der Waals surface area contributed by atoms with E-state index in [0.717, 1.165) is 81.5 Å². The van der Waals surface area contributed by atoms with E-state index in [4.69, 9.17) is 10.5 Å². The lowest BCUT2D eigenvalue weighted by Crippen LogP contribution is -2.47. The molecular formula is C32H34N6O2. The van der Waals surface area contributed by atoms with Crippen LogP contribution in [0.25, 0.3) is 10.9 Å². The third kappa shape index (κ3) is 5.25. The van der Waals surface area contributed by atoms with Crippen LogP contribution in [0.15, 0.2) is 54.9 Å². The molecule has 1 saturated heterocycles. The predicted octanol–water partition coefficient (Wildman–Crippen LogP) is 4.96. The van der Waals surface area contributed by atoms with E-state index in [9.17, 15) is 10.1 Å². The van der Waals surface area contributed by atoms with Crippen LogP contribution in [0.3, 0.4) is 0 Å². The number of carbonyl (C=O) groups excluding carboxylic acids is 1. The molecule has 0 bridgehead atoms. The summed E-state index contributed by atoms with van der Waals surface area (Å²) in [6.07, 6.45) is 10.1. The van der Waals surface area contributed by atoms with Gasteiger partial charge in [0.1, 0.15) is 11.3 Å². The molecule has 0 unspecified atom stereocenters. The molecule has 0 spiro atoms. The SMILES string of the molecule is N#Cc1ccc2[nH]cc(CCCN3CCN(c4ccc(Oc5ncccc5C(N)=O)c5c4CCCC5)CC3)c2c1. The van der Waals surface area contributed by atoms with E-state index in [-0.39, 0.29) is 5.88 Å². The molecule has 8 heteroatoms. The molecule has 3 N–H and O–H groups in total. The number of carbonyl (C=O) groups is 1. The fraction of sp³-hybridized carbons (Fsp3) is 0.344. The topological polar surface area (TPSA) is 111 Å². The van der Waals surface area contributed by atoms with Crippen LogP contribution in [-0.4, -0.2) is 53.5 Å². The fourth-order valence-corrected chi connectivity index (χ4v) is 6.13. The summed E-state index contributed by atoms with van der Waals surface area (Å²) in [4.78, 5) is 24.6. The number of rotatable bonds is 8. The number of ether oxygens (including phenoxy) is 1. The van der Waals surface area contributed by atoms with E-state index in [0.29, 0.717) is 11.1 Å². The maximum absolute atomic E-state index is 11.9. The number of aryl methyl sites for hydroxylation is 1. The number of hydrogen-bond acceptors (Lipinski definition) is 6. The third-order valence-electron chi connectivity index (χ3n) is 8.24. The lowest BCUT2D eigenvalue weighted by Gasteiger charge is -2.38. The van der Waals surface area contributed by atoms with Crippen molar-refractivity contribution in [3.63, 3.8) is 0 Å². The number of anilines is 1. The number of aromatic amines is 1. The van der Waals surface area contributed by atoms with E-state index in [1.807, 2.05) is 24.3 Å². The van der Waals surface area contributed by atoms with Crippen LogP contribution in [0.5, 0.6) is 11.6 Å². The number of pyridine rings is 1. The first-order valence-corrected chi connectivity index (χ1v) is 14.2. The highest BCUT2D eigenvalue weighted by atomic mass is 16.5. The average molecular weight is 535 g/mol. The van der Waals surface area contributed by atoms with Crippen LogP contribution < -0.4 is 15.4 Å². The van der Waals surface area contributed by atoms with Gasteiger partial charge in [-0.05, 0) is 98.7 Å². The summed E-state index contributed by atoms with van der Waals surface area (Å²) in [6.45, 7) is 5.13. The molecule has 3 heterocycles. The van der Waals surface area contributed by atoms with E-state index in [1.165, 1.54) is 28.8 Å². The Hall–Kier alpha value is -4.35. The van der Waals surface area contributed by atoms with E-state index < -0.39 is 5.91 Å². The molecule has 6 rings (SSSR count). The smallest absolute Gasteiger partial charge is 0.254 e. The van der Waals surface area contributed by atoms with Gasteiger partial charge in [0.2, 0.25) is 5.88 Å². The molecule has 8 nitrogen and oxygen atoms in total. The van der Waals surface area contributed by atoms with Gasteiger partial charge in [0.05, 0.1) is 11.6 Å². The second-order valence-corrected chi connectivity index (χ2v) is 10.7. The molecule has 2 aromatic heterocycles. The van der Waals surface area contributed by atoms with Crippen molar-refractivity contribution in [2.24, 2.45) is 5.73 Å². The van der Waals surface area contributed by atoms with Crippen molar-refractivity contribution in [1.82, 2.24) is 14.9 Å². The summed E-state index contributed by atoms with van der Waals surface area (Å²) in [5.74, 6) is 0.501. The Morgan fingerprint density at radius 3 is 2.70 bits per heavy atom. The highest BCUT2D eigenvalue weighted by molar-refractivity contribution is 5.95. The summed E-state index contributed by atoms with van der Waals surface area (Å²) in [7, 11) is 0. The first-order chi connectivity index (χ1) is 19.6. The van der Waals surface area contributed by atoms with Crippen LogP contribution in [0.4, 0.5) is 5.69 Å². The van der Waals surface area contributed by atoms with Crippen molar-refractivity contribution in [2.75, 3.05) is 37.6 Å². The number of aromatic nitrogens is 2. The van der Waals surface area contributed by atoms with Gasteiger partial charge < -0.3 is 20.4 Å². The standard InChI is InChI=1S/C32H34N6O2/c33-20-22-9-10-28-27(19-22)23(21-36-28)5-4-14-37-15-17-38(18-16-37)29-11-12-30(25-7-2-1-6-24(25)29)40-32-26(31(34)39)8-3-13-35-32/h3,8-13,19,21,36H,1-2,4-7,14-18H2,(H2,34,39). The van der Waals surface area contributed by atoms with Crippen molar-refractivity contribution < 1.29 is 9.53 Å². The summed E-state index contributed by atoms with van der Waals surface area (Å²) in [6, 6.07) is 15.6. The van der Waals surface area contributed by atoms with Crippen molar-refractivity contribution in [2.45, 2.75) is 38.5 Å². The monoisotopic (exact) mass is 534 g/mol. The van der Waals surface area contributed by atoms with Crippen LogP contribution in [0.1, 0.15) is 51.9 Å². The highest BCUT2D eigenvalue weighted by Crippen LogP contribution is 2.39. The van der Waals surface area contributed by atoms with Gasteiger partial charge in [-0.1, -0.05) is 0 Å². The van der Waals surface area contributed by atoms with Crippen LogP contribution >= 0.6 is 0 Å². The first-order valence-electron chi connectivity index (χ1n) is 14.2. The minimum Gasteiger partial charge on any atom is -0.438 e.